The van der Waals surface area contributed by atoms with E-state index in [2.05, 4.69) is 10.3 Å². The molecular formula is C19H16Cl2N2O4S. The zero-order valence-electron chi connectivity index (χ0n) is 15.2. The molecule has 0 unspecified atom stereocenters. The van der Waals surface area contributed by atoms with Gasteiger partial charge in [-0.1, -0.05) is 23.2 Å². The Kier molecular flexibility index (Phi) is 6.28. The van der Waals surface area contributed by atoms with Crippen molar-refractivity contribution in [3.05, 3.63) is 51.3 Å². The Morgan fingerprint density at radius 3 is 2.32 bits per heavy atom. The zero-order valence-corrected chi connectivity index (χ0v) is 17.5. The fourth-order valence-electron chi connectivity index (χ4n) is 2.52. The second kappa shape index (κ2) is 8.68. The number of thiazole rings is 1. The number of amides is 1. The van der Waals surface area contributed by atoms with Crippen LogP contribution in [0.3, 0.4) is 0 Å². The average Bonchev–Trinajstić information content (AvgIpc) is 3.14. The number of carbonyl (C=O) groups is 1. The molecule has 3 rings (SSSR count). The molecule has 0 aliphatic carbocycles. The third-order valence-corrected chi connectivity index (χ3v) is 5.19. The van der Waals surface area contributed by atoms with Gasteiger partial charge >= 0.3 is 0 Å². The van der Waals surface area contributed by atoms with Crippen molar-refractivity contribution in [3.63, 3.8) is 0 Å². The van der Waals surface area contributed by atoms with Crippen molar-refractivity contribution in [2.75, 3.05) is 26.6 Å². The quantitative estimate of drug-likeness (QED) is 0.558. The third kappa shape index (κ3) is 4.16. The highest BCUT2D eigenvalue weighted by Gasteiger charge is 2.19. The number of halogens is 2. The standard InChI is InChI=1S/C19H16Cl2N2O4S/c1-25-15-8-17(27-3)16(26-2)7-12(15)18(24)23-19-22-14(9-28-19)11-5-4-10(20)6-13(11)21/h4-9H,1-3H3,(H,22,23,24). The lowest BCUT2D eigenvalue weighted by Gasteiger charge is -2.13. The molecule has 3 aromatic rings. The number of hydrogen-bond acceptors (Lipinski definition) is 6. The number of rotatable bonds is 6. The summed E-state index contributed by atoms with van der Waals surface area (Å²) in [6, 6.07) is 8.30. The summed E-state index contributed by atoms with van der Waals surface area (Å²) < 4.78 is 15.8. The van der Waals surface area contributed by atoms with Crippen molar-refractivity contribution < 1.29 is 19.0 Å². The Hall–Kier alpha value is -2.48. The van der Waals surface area contributed by atoms with Crippen LogP contribution in [0.25, 0.3) is 11.3 Å². The largest absolute Gasteiger partial charge is 0.496 e. The molecule has 28 heavy (non-hydrogen) atoms. The van der Waals surface area contributed by atoms with Crippen LogP contribution in [-0.4, -0.2) is 32.2 Å². The van der Waals surface area contributed by atoms with Crippen LogP contribution >= 0.6 is 34.5 Å². The Balaban J connectivity index is 1.87. The van der Waals surface area contributed by atoms with E-state index in [0.717, 1.165) is 5.56 Å². The van der Waals surface area contributed by atoms with Crippen LogP contribution in [0.15, 0.2) is 35.7 Å². The molecule has 1 N–H and O–H groups in total. The lowest BCUT2D eigenvalue weighted by molar-refractivity contribution is 0.102. The van der Waals surface area contributed by atoms with E-state index >= 15 is 0 Å². The van der Waals surface area contributed by atoms with Gasteiger partial charge in [-0.3, -0.25) is 10.1 Å². The summed E-state index contributed by atoms with van der Waals surface area (Å²) in [4.78, 5) is 17.2. The van der Waals surface area contributed by atoms with Crippen LogP contribution in [0.1, 0.15) is 10.4 Å². The van der Waals surface area contributed by atoms with Gasteiger partial charge in [-0.25, -0.2) is 4.98 Å². The Bertz CT molecular complexity index is 1020. The molecule has 0 radical (unpaired) electrons. The van der Waals surface area contributed by atoms with Crippen molar-refractivity contribution in [3.8, 4) is 28.5 Å². The second-order valence-electron chi connectivity index (χ2n) is 5.52. The Morgan fingerprint density at radius 1 is 1.00 bits per heavy atom. The Morgan fingerprint density at radius 2 is 1.68 bits per heavy atom. The fourth-order valence-corrected chi connectivity index (χ4v) is 3.73. The van der Waals surface area contributed by atoms with Crippen LogP contribution in [-0.2, 0) is 0 Å². The van der Waals surface area contributed by atoms with Crippen LogP contribution in [0.4, 0.5) is 5.13 Å². The maximum atomic E-state index is 12.8. The van der Waals surface area contributed by atoms with Crippen LogP contribution in [0, 0.1) is 0 Å². The highest BCUT2D eigenvalue weighted by molar-refractivity contribution is 7.14. The zero-order chi connectivity index (χ0) is 20.3. The van der Waals surface area contributed by atoms with E-state index in [4.69, 9.17) is 37.4 Å². The summed E-state index contributed by atoms with van der Waals surface area (Å²) in [7, 11) is 4.48. The van der Waals surface area contributed by atoms with Gasteiger partial charge in [-0.05, 0) is 18.2 Å². The lowest BCUT2D eigenvalue weighted by atomic mass is 10.1. The summed E-state index contributed by atoms with van der Waals surface area (Å²) in [6.07, 6.45) is 0. The monoisotopic (exact) mass is 438 g/mol. The molecule has 6 nitrogen and oxygen atoms in total. The van der Waals surface area contributed by atoms with Gasteiger partial charge in [0.2, 0.25) is 0 Å². The minimum absolute atomic E-state index is 0.293. The number of benzene rings is 2. The Labute approximate surface area is 176 Å². The van der Waals surface area contributed by atoms with E-state index in [1.54, 1.807) is 35.7 Å². The van der Waals surface area contributed by atoms with Crippen LogP contribution in [0.2, 0.25) is 10.0 Å². The number of aromatic nitrogens is 1. The first kappa shape index (κ1) is 20.3. The molecule has 1 amide bonds. The molecule has 1 heterocycles. The van der Waals surface area contributed by atoms with Gasteiger partial charge in [0, 0.05) is 28.1 Å². The lowest BCUT2D eigenvalue weighted by Crippen LogP contribution is -2.13. The van der Waals surface area contributed by atoms with Gasteiger partial charge in [-0.15, -0.1) is 11.3 Å². The first-order chi connectivity index (χ1) is 13.5. The summed E-state index contributed by atoms with van der Waals surface area (Å²) >= 11 is 13.4. The van der Waals surface area contributed by atoms with Crippen molar-refractivity contribution in [1.29, 1.82) is 0 Å². The normalized spacial score (nSPS) is 10.5. The molecule has 0 aliphatic rings. The number of ether oxygens (including phenoxy) is 3. The van der Waals surface area contributed by atoms with Gasteiger partial charge in [0.15, 0.2) is 16.6 Å². The second-order valence-corrected chi connectivity index (χ2v) is 7.23. The van der Waals surface area contributed by atoms with Crippen LogP contribution < -0.4 is 19.5 Å². The molecule has 0 saturated carbocycles. The summed E-state index contributed by atoms with van der Waals surface area (Å²) in [5.74, 6) is 0.847. The van der Waals surface area contributed by atoms with E-state index < -0.39 is 0 Å². The van der Waals surface area contributed by atoms with Gasteiger partial charge < -0.3 is 14.2 Å². The number of methoxy groups -OCH3 is 3. The maximum Gasteiger partial charge on any atom is 0.261 e. The number of hydrogen-bond donors (Lipinski definition) is 1. The molecular weight excluding hydrogens is 423 g/mol. The molecule has 1 aromatic heterocycles. The highest BCUT2D eigenvalue weighted by atomic mass is 35.5. The first-order valence-electron chi connectivity index (χ1n) is 7.99. The van der Waals surface area contributed by atoms with Gasteiger partial charge in [0.05, 0.1) is 37.6 Å². The number of nitrogens with zero attached hydrogens (tertiary/aromatic N) is 1. The highest BCUT2D eigenvalue weighted by Crippen LogP contribution is 2.36. The van der Waals surface area contributed by atoms with E-state index in [-0.39, 0.29) is 5.91 Å². The van der Waals surface area contributed by atoms with Crippen molar-refractivity contribution in [2.45, 2.75) is 0 Å². The maximum absolute atomic E-state index is 12.8. The number of nitrogens with one attached hydrogen (secondary N) is 1. The molecule has 0 aliphatic heterocycles. The van der Waals surface area contributed by atoms with Gasteiger partial charge in [-0.2, -0.15) is 0 Å². The number of carbonyl (C=O) groups excluding carboxylic acids is 1. The van der Waals surface area contributed by atoms with E-state index in [9.17, 15) is 4.79 Å². The van der Waals surface area contributed by atoms with Crippen LogP contribution in [0.5, 0.6) is 17.2 Å². The molecule has 146 valence electrons. The molecule has 0 saturated heterocycles. The SMILES string of the molecule is COc1cc(OC)c(C(=O)Nc2nc(-c3ccc(Cl)cc3Cl)cs2)cc1OC. The minimum atomic E-state index is -0.388. The third-order valence-electron chi connectivity index (χ3n) is 3.88. The summed E-state index contributed by atoms with van der Waals surface area (Å²) in [6.45, 7) is 0. The van der Waals surface area contributed by atoms with Gasteiger partial charge in [0.25, 0.3) is 5.91 Å². The van der Waals surface area contributed by atoms with Crippen molar-refractivity contribution in [1.82, 2.24) is 4.98 Å². The van der Waals surface area contributed by atoms with Crippen molar-refractivity contribution in [2.24, 2.45) is 0 Å². The van der Waals surface area contributed by atoms with E-state index in [1.165, 1.54) is 32.7 Å². The average molecular weight is 439 g/mol. The van der Waals surface area contributed by atoms with E-state index in [1.807, 2.05) is 0 Å². The molecule has 9 heteroatoms. The predicted octanol–water partition coefficient (Wildman–Crippen LogP) is 5.40. The number of anilines is 1. The summed E-state index contributed by atoms with van der Waals surface area (Å²) in [5.41, 5.74) is 1.66. The smallest absolute Gasteiger partial charge is 0.261 e. The van der Waals surface area contributed by atoms with Gasteiger partial charge in [0.1, 0.15) is 5.75 Å². The predicted molar refractivity (Wildman–Crippen MR) is 112 cm³/mol. The fraction of sp³-hybridized carbons (Fsp3) is 0.158. The molecule has 0 bridgehead atoms. The topological polar surface area (TPSA) is 69.7 Å². The minimum Gasteiger partial charge on any atom is -0.496 e. The molecule has 0 atom stereocenters. The molecule has 0 fully saturated rings. The molecule has 0 spiro atoms. The van der Waals surface area contributed by atoms with Crippen molar-refractivity contribution >= 4 is 45.6 Å². The molecule has 2 aromatic carbocycles. The first-order valence-corrected chi connectivity index (χ1v) is 9.62. The van der Waals surface area contributed by atoms with E-state index in [0.29, 0.717) is 43.7 Å². The summed E-state index contributed by atoms with van der Waals surface area (Å²) in [5, 5.41) is 6.01.